The molecule has 0 bridgehead atoms. The molecule has 3 aromatic rings. The van der Waals surface area contributed by atoms with E-state index in [0.29, 0.717) is 13.1 Å². The molecule has 2 aromatic heterocycles. The van der Waals surface area contributed by atoms with Gasteiger partial charge < -0.3 is 0 Å². The van der Waals surface area contributed by atoms with Gasteiger partial charge in [-0.1, -0.05) is 12.1 Å². The number of benzene rings is 1. The van der Waals surface area contributed by atoms with E-state index in [4.69, 9.17) is 4.98 Å². The zero-order valence-corrected chi connectivity index (χ0v) is 14.3. The molecule has 0 N–H and O–H groups in total. The molecule has 3 heterocycles. The van der Waals surface area contributed by atoms with Crippen LogP contribution in [0.5, 0.6) is 0 Å². The second kappa shape index (κ2) is 6.11. The summed E-state index contributed by atoms with van der Waals surface area (Å²) < 4.78 is 15.9. The molecule has 0 saturated carbocycles. The summed E-state index contributed by atoms with van der Waals surface area (Å²) in [5.74, 6) is 0.648. The van der Waals surface area contributed by atoms with Crippen LogP contribution in [-0.2, 0) is 19.5 Å². The fourth-order valence-corrected chi connectivity index (χ4v) is 4.18. The van der Waals surface area contributed by atoms with Gasteiger partial charge in [0.2, 0.25) is 0 Å². The highest BCUT2D eigenvalue weighted by Crippen LogP contribution is 2.21. The Balaban J connectivity index is 1.61. The molecule has 0 atom stereocenters. The van der Waals surface area contributed by atoms with E-state index in [2.05, 4.69) is 4.90 Å². The van der Waals surface area contributed by atoms with E-state index in [0.717, 1.165) is 46.7 Å². The Hall–Kier alpha value is -2.05. The summed E-state index contributed by atoms with van der Waals surface area (Å²) in [6.07, 6.45) is 0.732. The van der Waals surface area contributed by atoms with E-state index in [1.165, 1.54) is 17.4 Å². The van der Waals surface area contributed by atoms with Crippen LogP contribution in [0.2, 0.25) is 0 Å². The van der Waals surface area contributed by atoms with Crippen molar-refractivity contribution >= 4 is 21.6 Å². The first-order valence-corrected chi connectivity index (χ1v) is 8.94. The van der Waals surface area contributed by atoms with Crippen LogP contribution in [0.15, 0.2) is 34.4 Å². The number of halogens is 1. The molecular formula is C18H18FN3OS. The molecule has 0 spiro atoms. The Bertz CT molecular complexity index is 963. The molecule has 0 aliphatic carbocycles. The summed E-state index contributed by atoms with van der Waals surface area (Å²) in [6.45, 7) is 4.89. The maximum absolute atomic E-state index is 13.4. The molecule has 4 nitrogen and oxygen atoms in total. The quantitative estimate of drug-likeness (QED) is 0.718. The van der Waals surface area contributed by atoms with Crippen LogP contribution in [0.3, 0.4) is 0 Å². The van der Waals surface area contributed by atoms with E-state index in [-0.39, 0.29) is 11.4 Å². The van der Waals surface area contributed by atoms with Gasteiger partial charge in [-0.25, -0.2) is 9.37 Å². The SMILES string of the molecule is Cc1csc2c(=O)n3c(nc12)CCN(Cc1cccc(F)c1)CC3. The van der Waals surface area contributed by atoms with Crippen molar-refractivity contribution in [1.82, 2.24) is 14.5 Å². The third kappa shape index (κ3) is 2.76. The third-order valence-electron chi connectivity index (χ3n) is 4.52. The number of hydrogen-bond acceptors (Lipinski definition) is 4. The van der Waals surface area contributed by atoms with E-state index in [9.17, 15) is 9.18 Å². The van der Waals surface area contributed by atoms with Gasteiger partial charge in [-0.05, 0) is 35.6 Å². The van der Waals surface area contributed by atoms with Crippen molar-refractivity contribution in [2.45, 2.75) is 26.4 Å². The molecule has 4 rings (SSSR count). The molecule has 0 amide bonds. The van der Waals surface area contributed by atoms with E-state index in [1.54, 1.807) is 12.1 Å². The van der Waals surface area contributed by atoms with Gasteiger partial charge in [0.1, 0.15) is 16.3 Å². The Morgan fingerprint density at radius 3 is 3.00 bits per heavy atom. The highest BCUT2D eigenvalue weighted by atomic mass is 32.1. The van der Waals surface area contributed by atoms with E-state index < -0.39 is 0 Å². The van der Waals surface area contributed by atoms with Crippen LogP contribution >= 0.6 is 11.3 Å². The van der Waals surface area contributed by atoms with Gasteiger partial charge in [-0.3, -0.25) is 14.3 Å². The maximum atomic E-state index is 13.4. The molecule has 1 aliphatic heterocycles. The van der Waals surface area contributed by atoms with Crippen molar-refractivity contribution in [3.63, 3.8) is 0 Å². The van der Waals surface area contributed by atoms with Crippen molar-refractivity contribution in [3.05, 3.63) is 62.8 Å². The minimum Gasteiger partial charge on any atom is -0.297 e. The van der Waals surface area contributed by atoms with Crippen molar-refractivity contribution in [1.29, 1.82) is 0 Å². The Kier molecular flexibility index (Phi) is 3.94. The lowest BCUT2D eigenvalue weighted by Crippen LogP contribution is -2.28. The lowest BCUT2D eigenvalue weighted by molar-refractivity contribution is 0.271. The maximum Gasteiger partial charge on any atom is 0.271 e. The lowest BCUT2D eigenvalue weighted by Gasteiger charge is -2.19. The van der Waals surface area contributed by atoms with Crippen molar-refractivity contribution in [2.24, 2.45) is 0 Å². The first-order valence-electron chi connectivity index (χ1n) is 8.06. The van der Waals surface area contributed by atoms with Crippen LogP contribution in [-0.4, -0.2) is 27.5 Å². The molecule has 1 aliphatic rings. The van der Waals surface area contributed by atoms with Crippen molar-refractivity contribution < 1.29 is 4.39 Å². The van der Waals surface area contributed by atoms with E-state index >= 15 is 0 Å². The number of aromatic nitrogens is 2. The van der Waals surface area contributed by atoms with Gasteiger partial charge in [0, 0.05) is 32.6 Å². The van der Waals surface area contributed by atoms with Crippen LogP contribution in [0, 0.1) is 12.7 Å². The minimum absolute atomic E-state index is 0.0701. The van der Waals surface area contributed by atoms with Gasteiger partial charge in [-0.2, -0.15) is 0 Å². The standard InChI is InChI=1S/C18H18FN3OS/c1-12-11-24-17-16(12)20-15-5-6-21(7-8-22(15)18(17)23)10-13-3-2-4-14(19)9-13/h2-4,9,11H,5-8,10H2,1H3. The number of rotatable bonds is 2. The zero-order chi connectivity index (χ0) is 16.7. The highest BCUT2D eigenvalue weighted by Gasteiger charge is 2.19. The first kappa shape index (κ1) is 15.5. The van der Waals surface area contributed by atoms with Gasteiger partial charge >= 0.3 is 0 Å². The van der Waals surface area contributed by atoms with Gasteiger partial charge in [0.05, 0.1) is 5.52 Å². The molecule has 1 aromatic carbocycles. The number of fused-ring (bicyclic) bond motifs is 2. The summed E-state index contributed by atoms with van der Waals surface area (Å²) in [5.41, 5.74) is 2.94. The summed E-state index contributed by atoms with van der Waals surface area (Å²) in [6, 6.07) is 6.70. The largest absolute Gasteiger partial charge is 0.297 e. The topological polar surface area (TPSA) is 38.1 Å². The molecule has 0 fully saturated rings. The molecular weight excluding hydrogens is 325 g/mol. The molecule has 24 heavy (non-hydrogen) atoms. The second-order valence-corrected chi connectivity index (χ2v) is 7.12. The van der Waals surface area contributed by atoms with Crippen LogP contribution in [0.25, 0.3) is 10.2 Å². The summed E-state index contributed by atoms with van der Waals surface area (Å²) in [5, 5.41) is 2.00. The molecule has 0 unspecified atom stereocenters. The Labute approximate surface area is 143 Å². The van der Waals surface area contributed by atoms with Gasteiger partial charge in [-0.15, -0.1) is 11.3 Å². The first-order chi connectivity index (χ1) is 11.6. The number of aryl methyl sites for hydroxylation is 1. The molecule has 0 radical (unpaired) electrons. The average Bonchev–Trinajstić information content (AvgIpc) is 2.80. The summed E-state index contributed by atoms with van der Waals surface area (Å²) in [4.78, 5) is 19.7. The zero-order valence-electron chi connectivity index (χ0n) is 13.5. The average molecular weight is 343 g/mol. The molecule has 0 saturated heterocycles. The summed E-state index contributed by atoms with van der Waals surface area (Å²) in [7, 11) is 0. The lowest BCUT2D eigenvalue weighted by atomic mass is 10.2. The van der Waals surface area contributed by atoms with Crippen molar-refractivity contribution in [2.75, 3.05) is 13.1 Å². The fraction of sp³-hybridized carbons (Fsp3) is 0.333. The molecule has 124 valence electrons. The van der Waals surface area contributed by atoms with E-state index in [1.807, 2.05) is 22.9 Å². The monoisotopic (exact) mass is 343 g/mol. The highest BCUT2D eigenvalue weighted by molar-refractivity contribution is 7.17. The predicted molar refractivity (Wildman–Crippen MR) is 94.0 cm³/mol. The number of thiophene rings is 1. The number of hydrogen-bond donors (Lipinski definition) is 0. The van der Waals surface area contributed by atoms with Gasteiger partial charge in [0.15, 0.2) is 0 Å². The smallest absolute Gasteiger partial charge is 0.271 e. The Morgan fingerprint density at radius 1 is 1.29 bits per heavy atom. The summed E-state index contributed by atoms with van der Waals surface area (Å²) >= 11 is 1.47. The Morgan fingerprint density at radius 2 is 2.17 bits per heavy atom. The predicted octanol–water partition coefficient (Wildman–Crippen LogP) is 2.96. The van der Waals surface area contributed by atoms with Gasteiger partial charge in [0.25, 0.3) is 5.56 Å². The minimum atomic E-state index is -0.209. The number of nitrogens with zero attached hydrogens (tertiary/aromatic N) is 3. The van der Waals surface area contributed by atoms with Crippen LogP contribution in [0.1, 0.15) is 17.0 Å². The van der Waals surface area contributed by atoms with Crippen molar-refractivity contribution in [3.8, 4) is 0 Å². The second-order valence-electron chi connectivity index (χ2n) is 6.24. The van der Waals surface area contributed by atoms with Crippen LogP contribution in [0.4, 0.5) is 4.39 Å². The molecule has 6 heteroatoms. The normalized spacial score (nSPS) is 15.4. The van der Waals surface area contributed by atoms with Crippen LogP contribution < -0.4 is 5.56 Å². The third-order valence-corrected chi connectivity index (χ3v) is 5.60. The fourth-order valence-electron chi connectivity index (χ4n) is 3.24.